The summed E-state index contributed by atoms with van der Waals surface area (Å²) in [6.45, 7) is 2.12. The van der Waals surface area contributed by atoms with Gasteiger partial charge in [-0.15, -0.1) is 0 Å². The lowest BCUT2D eigenvalue weighted by molar-refractivity contribution is 0.0778. The van der Waals surface area contributed by atoms with Crippen molar-refractivity contribution in [1.29, 1.82) is 0 Å². The van der Waals surface area contributed by atoms with E-state index in [1.807, 2.05) is 12.1 Å². The van der Waals surface area contributed by atoms with E-state index in [0.717, 1.165) is 24.9 Å². The molecule has 0 unspecified atom stereocenters. The second-order valence-electron chi connectivity index (χ2n) is 4.47. The van der Waals surface area contributed by atoms with Gasteiger partial charge in [-0.05, 0) is 37.0 Å². The summed E-state index contributed by atoms with van der Waals surface area (Å²) in [4.78, 5) is 4.31. The van der Waals surface area contributed by atoms with Crippen LogP contribution in [0.1, 0.15) is 25.3 Å². The van der Waals surface area contributed by atoms with Crippen molar-refractivity contribution in [2.24, 2.45) is 10.7 Å². The molecule has 0 bridgehead atoms. The molecule has 17 heavy (non-hydrogen) atoms. The van der Waals surface area contributed by atoms with Crippen LogP contribution in [0, 0.1) is 0 Å². The van der Waals surface area contributed by atoms with Crippen molar-refractivity contribution in [3.8, 4) is 0 Å². The molecule has 0 aliphatic heterocycles. The van der Waals surface area contributed by atoms with Gasteiger partial charge >= 0.3 is 0 Å². The summed E-state index contributed by atoms with van der Waals surface area (Å²) in [5, 5.41) is 12.2. The third-order valence-corrected chi connectivity index (χ3v) is 3.02. The predicted octanol–water partition coefficient (Wildman–Crippen LogP) is 1.50. The summed E-state index contributed by atoms with van der Waals surface area (Å²) in [6, 6.07) is 8.30. The van der Waals surface area contributed by atoms with E-state index in [-0.39, 0.29) is 12.1 Å². The Labute approximate surface area is 102 Å². The van der Waals surface area contributed by atoms with Crippen LogP contribution in [0.2, 0.25) is 0 Å². The number of hydrogen-bond acceptors (Lipinski definition) is 2. The van der Waals surface area contributed by atoms with Crippen LogP contribution in [0.4, 0.5) is 5.69 Å². The minimum absolute atomic E-state index is 0.173. The first kappa shape index (κ1) is 11.9. The Kier molecular flexibility index (Phi) is 3.64. The van der Waals surface area contributed by atoms with E-state index < -0.39 is 0 Å². The zero-order valence-electron chi connectivity index (χ0n) is 10.1. The van der Waals surface area contributed by atoms with E-state index in [9.17, 15) is 0 Å². The molecule has 0 heterocycles. The van der Waals surface area contributed by atoms with Crippen molar-refractivity contribution in [3.05, 3.63) is 29.8 Å². The minimum Gasteiger partial charge on any atom is -0.393 e. The maximum absolute atomic E-state index is 9.16. The number of hydrogen-bond donors (Lipinski definition) is 3. The summed E-state index contributed by atoms with van der Waals surface area (Å²) < 4.78 is 0. The number of rotatable bonds is 3. The number of nitrogens with one attached hydrogen (secondary N) is 1. The number of nitrogens with two attached hydrogens (primary N) is 1. The highest BCUT2D eigenvalue weighted by Crippen LogP contribution is 2.22. The first-order valence-corrected chi connectivity index (χ1v) is 6.04. The quantitative estimate of drug-likeness (QED) is 0.547. The normalized spacial score (nSPS) is 24.2. The Hall–Kier alpha value is -1.55. The molecular weight excluding hydrogens is 214 g/mol. The second-order valence-corrected chi connectivity index (χ2v) is 4.47. The second kappa shape index (κ2) is 5.19. The van der Waals surface area contributed by atoms with Gasteiger partial charge in [-0.25, -0.2) is 4.99 Å². The first-order valence-electron chi connectivity index (χ1n) is 6.04. The topological polar surface area (TPSA) is 70.6 Å². The molecule has 0 atom stereocenters. The van der Waals surface area contributed by atoms with Crippen LogP contribution < -0.4 is 11.1 Å². The average Bonchev–Trinajstić information content (AvgIpc) is 2.27. The van der Waals surface area contributed by atoms with Crippen LogP contribution in [0.15, 0.2) is 29.3 Å². The number of benzene rings is 1. The van der Waals surface area contributed by atoms with Gasteiger partial charge in [0, 0.05) is 5.69 Å². The molecule has 0 spiro atoms. The van der Waals surface area contributed by atoms with E-state index in [1.54, 1.807) is 0 Å². The molecule has 2 rings (SSSR count). The number of nitrogens with zero attached hydrogens (tertiary/aromatic N) is 1. The molecule has 0 aromatic heterocycles. The van der Waals surface area contributed by atoms with Gasteiger partial charge in [0.15, 0.2) is 5.96 Å². The molecule has 4 N–H and O–H groups in total. The fourth-order valence-electron chi connectivity index (χ4n) is 1.91. The molecule has 92 valence electrons. The Bertz CT molecular complexity index is 411. The van der Waals surface area contributed by atoms with Gasteiger partial charge in [0.2, 0.25) is 0 Å². The van der Waals surface area contributed by atoms with Crippen LogP contribution in [-0.4, -0.2) is 23.2 Å². The molecule has 0 radical (unpaired) electrons. The molecule has 1 aliphatic carbocycles. The number of aryl methyl sites for hydroxylation is 1. The lowest BCUT2D eigenvalue weighted by atomic mass is 9.90. The van der Waals surface area contributed by atoms with Crippen LogP contribution in [-0.2, 0) is 6.42 Å². The van der Waals surface area contributed by atoms with Crippen molar-refractivity contribution < 1.29 is 5.11 Å². The van der Waals surface area contributed by atoms with Gasteiger partial charge in [0.05, 0.1) is 12.1 Å². The van der Waals surface area contributed by atoms with E-state index in [2.05, 4.69) is 29.4 Å². The van der Waals surface area contributed by atoms with Gasteiger partial charge < -0.3 is 16.2 Å². The van der Waals surface area contributed by atoms with Crippen LogP contribution >= 0.6 is 0 Å². The Morgan fingerprint density at radius 3 is 2.94 bits per heavy atom. The van der Waals surface area contributed by atoms with Crippen LogP contribution in [0.25, 0.3) is 0 Å². The van der Waals surface area contributed by atoms with Crippen molar-refractivity contribution in [1.82, 2.24) is 0 Å². The van der Waals surface area contributed by atoms with Crippen molar-refractivity contribution in [2.45, 2.75) is 38.3 Å². The minimum atomic E-state index is -0.194. The third-order valence-electron chi connectivity index (χ3n) is 3.02. The summed E-state index contributed by atoms with van der Waals surface area (Å²) in [5.74, 6) is 0.426. The molecule has 4 nitrogen and oxygen atoms in total. The maximum Gasteiger partial charge on any atom is 0.193 e. The molecule has 1 saturated carbocycles. The first-order chi connectivity index (χ1) is 8.17. The fourth-order valence-corrected chi connectivity index (χ4v) is 1.91. The molecule has 0 saturated heterocycles. The highest BCUT2D eigenvalue weighted by molar-refractivity contribution is 5.92. The summed E-state index contributed by atoms with van der Waals surface area (Å²) >= 11 is 0. The molecule has 1 aromatic carbocycles. The Morgan fingerprint density at radius 1 is 1.53 bits per heavy atom. The van der Waals surface area contributed by atoms with Crippen LogP contribution in [0.3, 0.4) is 0 Å². The predicted molar refractivity (Wildman–Crippen MR) is 70.1 cm³/mol. The molecular formula is C13H19N3O. The smallest absolute Gasteiger partial charge is 0.193 e. The van der Waals surface area contributed by atoms with Crippen molar-refractivity contribution in [2.75, 3.05) is 5.32 Å². The van der Waals surface area contributed by atoms with Gasteiger partial charge in [-0.3, -0.25) is 0 Å². The standard InChI is InChI=1S/C13H19N3O/c1-2-9-4-3-5-10(6-9)15-13(14)16-11-7-12(17)8-11/h3-6,11-12,17H,2,7-8H2,1H3,(H3,14,15,16). The van der Waals surface area contributed by atoms with Gasteiger partial charge in [-0.2, -0.15) is 0 Å². The lowest BCUT2D eigenvalue weighted by Crippen LogP contribution is -2.35. The zero-order chi connectivity index (χ0) is 12.3. The SMILES string of the molecule is CCc1cccc(NC(N)=NC2CC(O)C2)c1. The summed E-state index contributed by atoms with van der Waals surface area (Å²) in [5.41, 5.74) is 8.04. The number of aliphatic hydroxyl groups is 1. The Balaban J connectivity index is 1.95. The largest absolute Gasteiger partial charge is 0.393 e. The van der Waals surface area contributed by atoms with Crippen molar-refractivity contribution in [3.63, 3.8) is 0 Å². The van der Waals surface area contributed by atoms with E-state index >= 15 is 0 Å². The van der Waals surface area contributed by atoms with Crippen molar-refractivity contribution >= 4 is 11.6 Å². The van der Waals surface area contributed by atoms with Gasteiger partial charge in [0.1, 0.15) is 0 Å². The summed E-state index contributed by atoms with van der Waals surface area (Å²) in [6.07, 6.45) is 2.25. The third kappa shape index (κ3) is 3.20. The fraction of sp³-hybridized carbons (Fsp3) is 0.462. The van der Waals surface area contributed by atoms with E-state index in [0.29, 0.717) is 5.96 Å². The van der Waals surface area contributed by atoms with E-state index in [1.165, 1.54) is 5.56 Å². The monoisotopic (exact) mass is 233 g/mol. The van der Waals surface area contributed by atoms with Gasteiger partial charge in [0.25, 0.3) is 0 Å². The Morgan fingerprint density at radius 2 is 2.29 bits per heavy atom. The molecule has 0 amide bonds. The van der Waals surface area contributed by atoms with Gasteiger partial charge in [-0.1, -0.05) is 19.1 Å². The molecule has 4 heteroatoms. The number of aliphatic imine (C=N–C) groups is 1. The number of anilines is 1. The van der Waals surface area contributed by atoms with E-state index in [4.69, 9.17) is 10.8 Å². The average molecular weight is 233 g/mol. The van der Waals surface area contributed by atoms with Crippen LogP contribution in [0.5, 0.6) is 0 Å². The molecule has 1 fully saturated rings. The number of aliphatic hydroxyl groups excluding tert-OH is 1. The highest BCUT2D eigenvalue weighted by atomic mass is 16.3. The summed E-state index contributed by atoms with van der Waals surface area (Å²) in [7, 11) is 0. The zero-order valence-corrected chi connectivity index (χ0v) is 10.1. The highest BCUT2D eigenvalue weighted by Gasteiger charge is 2.26. The maximum atomic E-state index is 9.16. The molecule has 1 aromatic rings. The molecule has 1 aliphatic rings. The lowest BCUT2D eigenvalue weighted by Gasteiger charge is -2.28. The number of guanidine groups is 1.